The van der Waals surface area contributed by atoms with Crippen molar-refractivity contribution in [3.05, 3.63) is 53.6 Å². The first kappa shape index (κ1) is 13.8. The van der Waals surface area contributed by atoms with Gasteiger partial charge in [-0.05, 0) is 35.4 Å². The lowest BCUT2D eigenvalue weighted by atomic mass is 10.1. The van der Waals surface area contributed by atoms with Crippen LogP contribution >= 0.6 is 0 Å². The van der Waals surface area contributed by atoms with Gasteiger partial charge in [0.25, 0.3) is 0 Å². The summed E-state index contributed by atoms with van der Waals surface area (Å²) in [6, 6.07) is 13.9. The van der Waals surface area contributed by atoms with E-state index in [-0.39, 0.29) is 0 Å². The summed E-state index contributed by atoms with van der Waals surface area (Å²) in [4.78, 5) is 2.36. The number of nitrogen functional groups attached to an aromatic ring is 1. The minimum Gasteiger partial charge on any atom is -0.493 e. The standard InChI is InChI=1S/C17H20N2O2/c1-20-16-4-2-3-5-17(16)21-9-8-19-11-13-6-7-15(18)10-14(13)12-19/h2-7,10H,8-9,11-12,18H2,1H3. The van der Waals surface area contributed by atoms with Gasteiger partial charge in [0.05, 0.1) is 7.11 Å². The number of hydrogen-bond acceptors (Lipinski definition) is 4. The van der Waals surface area contributed by atoms with Crippen molar-refractivity contribution < 1.29 is 9.47 Å². The van der Waals surface area contributed by atoms with Gasteiger partial charge >= 0.3 is 0 Å². The van der Waals surface area contributed by atoms with Crippen LogP contribution in [0.2, 0.25) is 0 Å². The van der Waals surface area contributed by atoms with Crippen molar-refractivity contribution in [3.8, 4) is 11.5 Å². The van der Waals surface area contributed by atoms with Crippen LogP contribution in [0, 0.1) is 0 Å². The molecule has 21 heavy (non-hydrogen) atoms. The first-order valence-electron chi connectivity index (χ1n) is 7.12. The van der Waals surface area contributed by atoms with Gasteiger partial charge in [-0.2, -0.15) is 0 Å². The van der Waals surface area contributed by atoms with Crippen molar-refractivity contribution in [1.29, 1.82) is 0 Å². The minimum atomic E-state index is 0.643. The van der Waals surface area contributed by atoms with Crippen molar-refractivity contribution in [2.24, 2.45) is 0 Å². The molecule has 0 aromatic heterocycles. The Bertz CT molecular complexity index is 628. The van der Waals surface area contributed by atoms with Crippen LogP contribution in [0.1, 0.15) is 11.1 Å². The summed E-state index contributed by atoms with van der Waals surface area (Å²) in [6.45, 7) is 3.43. The highest BCUT2D eigenvalue weighted by Crippen LogP contribution is 2.27. The van der Waals surface area contributed by atoms with Crippen LogP contribution in [0.5, 0.6) is 11.5 Å². The second kappa shape index (κ2) is 6.06. The van der Waals surface area contributed by atoms with Crippen LogP contribution in [0.25, 0.3) is 0 Å². The van der Waals surface area contributed by atoms with Gasteiger partial charge in [-0.25, -0.2) is 0 Å². The second-order valence-electron chi connectivity index (χ2n) is 5.24. The van der Waals surface area contributed by atoms with Crippen molar-refractivity contribution in [2.45, 2.75) is 13.1 Å². The van der Waals surface area contributed by atoms with Gasteiger partial charge < -0.3 is 15.2 Å². The normalized spacial score (nSPS) is 14.0. The van der Waals surface area contributed by atoms with E-state index in [0.29, 0.717) is 6.61 Å². The Hall–Kier alpha value is -2.20. The Morgan fingerprint density at radius 1 is 1.05 bits per heavy atom. The molecule has 2 aromatic rings. The molecule has 4 heteroatoms. The lowest BCUT2D eigenvalue weighted by molar-refractivity contribution is 0.206. The molecule has 2 N–H and O–H groups in total. The van der Waals surface area contributed by atoms with Crippen molar-refractivity contribution in [3.63, 3.8) is 0 Å². The van der Waals surface area contributed by atoms with Crippen LogP contribution in [-0.2, 0) is 13.1 Å². The lowest BCUT2D eigenvalue weighted by Crippen LogP contribution is -2.23. The van der Waals surface area contributed by atoms with Gasteiger partial charge in [0.2, 0.25) is 0 Å². The summed E-state index contributed by atoms with van der Waals surface area (Å²) in [5, 5.41) is 0. The molecule has 0 amide bonds. The zero-order valence-electron chi connectivity index (χ0n) is 12.2. The molecule has 110 valence electrons. The van der Waals surface area contributed by atoms with Crippen LogP contribution in [0.15, 0.2) is 42.5 Å². The highest BCUT2D eigenvalue weighted by atomic mass is 16.5. The SMILES string of the molecule is COc1ccccc1OCCN1Cc2ccc(N)cc2C1. The maximum Gasteiger partial charge on any atom is 0.161 e. The van der Waals surface area contributed by atoms with E-state index in [0.717, 1.165) is 36.8 Å². The molecule has 1 heterocycles. The molecule has 1 aliphatic heterocycles. The van der Waals surface area contributed by atoms with Gasteiger partial charge in [-0.3, -0.25) is 4.90 Å². The van der Waals surface area contributed by atoms with Crippen molar-refractivity contribution in [2.75, 3.05) is 26.0 Å². The predicted molar refractivity (Wildman–Crippen MR) is 83.5 cm³/mol. The Morgan fingerprint density at radius 3 is 2.62 bits per heavy atom. The largest absolute Gasteiger partial charge is 0.493 e. The molecular weight excluding hydrogens is 264 g/mol. The van der Waals surface area contributed by atoms with Crippen LogP contribution in [0.3, 0.4) is 0 Å². The maximum absolute atomic E-state index is 5.83. The highest BCUT2D eigenvalue weighted by molar-refractivity contribution is 5.46. The van der Waals surface area contributed by atoms with Gasteiger partial charge in [0.15, 0.2) is 11.5 Å². The fourth-order valence-corrected chi connectivity index (χ4v) is 2.67. The van der Waals surface area contributed by atoms with Gasteiger partial charge in [0.1, 0.15) is 6.61 Å². The van der Waals surface area contributed by atoms with Gasteiger partial charge in [-0.15, -0.1) is 0 Å². The molecule has 0 saturated carbocycles. The van der Waals surface area contributed by atoms with Crippen molar-refractivity contribution >= 4 is 5.69 Å². The fourth-order valence-electron chi connectivity index (χ4n) is 2.67. The molecule has 0 spiro atoms. The molecule has 0 radical (unpaired) electrons. The number of anilines is 1. The average molecular weight is 284 g/mol. The lowest BCUT2D eigenvalue weighted by Gasteiger charge is -2.16. The number of fused-ring (bicyclic) bond motifs is 1. The molecule has 0 saturated heterocycles. The number of rotatable bonds is 5. The first-order chi connectivity index (χ1) is 10.3. The molecule has 0 atom stereocenters. The van der Waals surface area contributed by atoms with Crippen LogP contribution in [0.4, 0.5) is 5.69 Å². The molecule has 3 rings (SSSR count). The average Bonchev–Trinajstić information content (AvgIpc) is 2.89. The van der Waals surface area contributed by atoms with Crippen LogP contribution in [-0.4, -0.2) is 25.2 Å². The molecule has 2 aromatic carbocycles. The number of methoxy groups -OCH3 is 1. The summed E-state index contributed by atoms with van der Waals surface area (Å²) >= 11 is 0. The summed E-state index contributed by atoms with van der Waals surface area (Å²) in [5.74, 6) is 1.57. The number of benzene rings is 2. The Labute approximate surface area is 125 Å². The third-order valence-corrected chi connectivity index (χ3v) is 3.75. The monoisotopic (exact) mass is 284 g/mol. The van der Waals surface area contributed by atoms with E-state index in [1.54, 1.807) is 7.11 Å². The molecular formula is C17H20N2O2. The smallest absolute Gasteiger partial charge is 0.161 e. The Balaban J connectivity index is 1.53. The summed E-state index contributed by atoms with van der Waals surface area (Å²) in [5.41, 5.74) is 9.35. The topological polar surface area (TPSA) is 47.7 Å². The molecule has 0 bridgehead atoms. The third kappa shape index (κ3) is 3.11. The Kier molecular flexibility index (Phi) is 3.97. The van der Waals surface area contributed by atoms with E-state index in [1.165, 1.54) is 11.1 Å². The van der Waals surface area contributed by atoms with E-state index >= 15 is 0 Å². The minimum absolute atomic E-state index is 0.643. The van der Waals surface area contributed by atoms with E-state index in [1.807, 2.05) is 30.3 Å². The quantitative estimate of drug-likeness (QED) is 0.858. The number of hydrogen-bond donors (Lipinski definition) is 1. The number of nitrogens with zero attached hydrogens (tertiary/aromatic N) is 1. The van der Waals surface area contributed by atoms with E-state index < -0.39 is 0 Å². The molecule has 0 unspecified atom stereocenters. The van der Waals surface area contributed by atoms with Gasteiger partial charge in [-0.1, -0.05) is 18.2 Å². The Morgan fingerprint density at radius 2 is 1.81 bits per heavy atom. The summed E-state index contributed by atoms with van der Waals surface area (Å²) in [7, 11) is 1.66. The van der Waals surface area contributed by atoms with E-state index in [4.69, 9.17) is 15.2 Å². The van der Waals surface area contributed by atoms with Gasteiger partial charge in [0, 0.05) is 25.3 Å². The van der Waals surface area contributed by atoms with Crippen molar-refractivity contribution in [1.82, 2.24) is 4.90 Å². The molecule has 1 aliphatic rings. The number of nitrogens with two attached hydrogens (primary N) is 1. The van der Waals surface area contributed by atoms with E-state index in [2.05, 4.69) is 17.0 Å². The number of ether oxygens (including phenoxy) is 2. The first-order valence-corrected chi connectivity index (χ1v) is 7.12. The molecule has 0 aliphatic carbocycles. The zero-order chi connectivity index (χ0) is 14.7. The van der Waals surface area contributed by atoms with Crippen LogP contribution < -0.4 is 15.2 Å². The predicted octanol–water partition coefficient (Wildman–Crippen LogP) is 2.67. The summed E-state index contributed by atoms with van der Waals surface area (Å²) in [6.07, 6.45) is 0. The molecule has 4 nitrogen and oxygen atoms in total. The second-order valence-corrected chi connectivity index (χ2v) is 5.24. The maximum atomic E-state index is 5.83. The zero-order valence-corrected chi connectivity index (χ0v) is 12.2. The third-order valence-electron chi connectivity index (χ3n) is 3.75. The summed E-state index contributed by atoms with van der Waals surface area (Å²) < 4.78 is 11.1. The fraction of sp³-hybridized carbons (Fsp3) is 0.294. The highest BCUT2D eigenvalue weighted by Gasteiger charge is 2.18. The number of para-hydroxylation sites is 2. The van der Waals surface area contributed by atoms with E-state index in [9.17, 15) is 0 Å². The molecule has 0 fully saturated rings.